The second-order valence-electron chi connectivity index (χ2n) is 2.99. The van der Waals surface area contributed by atoms with Crippen LogP contribution in [0.5, 0.6) is 0 Å². The first-order valence-corrected chi connectivity index (χ1v) is 4.48. The van der Waals surface area contributed by atoms with E-state index in [-0.39, 0.29) is 17.6 Å². The van der Waals surface area contributed by atoms with E-state index in [1.165, 1.54) is 0 Å². The van der Waals surface area contributed by atoms with Gasteiger partial charge in [-0.05, 0) is 13.8 Å². The number of alkyl halides is 1. The molecule has 0 amide bonds. The van der Waals surface area contributed by atoms with Gasteiger partial charge in [-0.3, -0.25) is 0 Å². The van der Waals surface area contributed by atoms with Crippen molar-refractivity contribution >= 4 is 17.3 Å². The zero-order valence-corrected chi connectivity index (χ0v) is 8.34. The Morgan fingerprint density at radius 1 is 1.67 bits per heavy atom. The summed E-state index contributed by atoms with van der Waals surface area (Å²) in [4.78, 5) is 5.13. The minimum Gasteiger partial charge on any atom is -0.390 e. The predicted molar refractivity (Wildman–Crippen MR) is 48.7 cm³/mol. The summed E-state index contributed by atoms with van der Waals surface area (Å²) in [5.41, 5.74) is 0.940. The van der Waals surface area contributed by atoms with Crippen LogP contribution in [0.4, 0.5) is 0 Å². The number of oxime groups is 1. The van der Waals surface area contributed by atoms with Crippen molar-refractivity contribution in [2.45, 2.75) is 37.9 Å². The van der Waals surface area contributed by atoms with Crippen LogP contribution in [0.1, 0.15) is 20.3 Å². The maximum absolute atomic E-state index is 5.86. The number of ether oxygens (including phenoxy) is 1. The lowest BCUT2D eigenvalue weighted by Crippen LogP contribution is -2.23. The SMILES string of the molecule is COC(C)C1=NOC(C(C)Cl)C1. The van der Waals surface area contributed by atoms with E-state index in [1.54, 1.807) is 7.11 Å². The molecule has 4 heteroatoms. The Labute approximate surface area is 77.7 Å². The van der Waals surface area contributed by atoms with Crippen molar-refractivity contribution in [1.82, 2.24) is 0 Å². The number of nitrogens with zero attached hydrogens (tertiary/aromatic N) is 1. The fourth-order valence-corrected chi connectivity index (χ4v) is 1.17. The molecular formula is C8H14ClNO2. The third-order valence-electron chi connectivity index (χ3n) is 2.05. The summed E-state index contributed by atoms with van der Waals surface area (Å²) in [6.07, 6.45) is 0.823. The van der Waals surface area contributed by atoms with Crippen molar-refractivity contribution in [3.8, 4) is 0 Å². The van der Waals surface area contributed by atoms with E-state index in [4.69, 9.17) is 21.2 Å². The highest BCUT2D eigenvalue weighted by Crippen LogP contribution is 2.19. The lowest BCUT2D eigenvalue weighted by Gasteiger charge is -2.10. The summed E-state index contributed by atoms with van der Waals surface area (Å²) in [7, 11) is 1.66. The molecule has 1 heterocycles. The monoisotopic (exact) mass is 191 g/mol. The third-order valence-corrected chi connectivity index (χ3v) is 2.33. The molecule has 0 aromatic rings. The summed E-state index contributed by atoms with van der Waals surface area (Å²) in [6, 6.07) is 0. The molecular weight excluding hydrogens is 178 g/mol. The van der Waals surface area contributed by atoms with Crippen LogP contribution in [0.3, 0.4) is 0 Å². The first-order valence-electron chi connectivity index (χ1n) is 4.04. The van der Waals surface area contributed by atoms with E-state index in [2.05, 4.69) is 5.16 Å². The topological polar surface area (TPSA) is 30.8 Å². The van der Waals surface area contributed by atoms with E-state index < -0.39 is 0 Å². The zero-order valence-electron chi connectivity index (χ0n) is 7.58. The summed E-state index contributed by atoms with van der Waals surface area (Å²) in [5, 5.41) is 3.91. The van der Waals surface area contributed by atoms with Crippen LogP contribution in [-0.2, 0) is 9.57 Å². The highest BCUT2D eigenvalue weighted by Gasteiger charge is 2.27. The molecule has 3 unspecified atom stereocenters. The second kappa shape index (κ2) is 4.10. The summed E-state index contributed by atoms with van der Waals surface area (Å²) in [5.74, 6) is 0. The molecule has 0 bridgehead atoms. The molecule has 0 aromatic heterocycles. The van der Waals surface area contributed by atoms with Crippen molar-refractivity contribution in [1.29, 1.82) is 0 Å². The van der Waals surface area contributed by atoms with Gasteiger partial charge in [-0.2, -0.15) is 0 Å². The van der Waals surface area contributed by atoms with Crippen molar-refractivity contribution in [2.75, 3.05) is 7.11 Å². The molecule has 0 radical (unpaired) electrons. The number of halogens is 1. The van der Waals surface area contributed by atoms with Crippen LogP contribution in [0.15, 0.2) is 5.16 Å². The Kier molecular flexibility index (Phi) is 3.35. The van der Waals surface area contributed by atoms with E-state index in [0.717, 1.165) is 12.1 Å². The van der Waals surface area contributed by atoms with Crippen LogP contribution in [0.2, 0.25) is 0 Å². The van der Waals surface area contributed by atoms with Crippen molar-refractivity contribution in [3.05, 3.63) is 0 Å². The average molecular weight is 192 g/mol. The Morgan fingerprint density at radius 2 is 2.33 bits per heavy atom. The van der Waals surface area contributed by atoms with Gasteiger partial charge in [0.1, 0.15) is 6.10 Å². The molecule has 3 atom stereocenters. The number of rotatable bonds is 3. The molecule has 0 saturated heterocycles. The molecule has 1 rings (SSSR count). The van der Waals surface area contributed by atoms with Gasteiger partial charge in [0, 0.05) is 13.5 Å². The van der Waals surface area contributed by atoms with Gasteiger partial charge in [-0.1, -0.05) is 5.16 Å². The summed E-state index contributed by atoms with van der Waals surface area (Å²) < 4.78 is 5.11. The molecule has 70 valence electrons. The molecule has 1 aliphatic rings. The van der Waals surface area contributed by atoms with Crippen LogP contribution < -0.4 is 0 Å². The smallest absolute Gasteiger partial charge is 0.148 e. The number of hydrogen-bond donors (Lipinski definition) is 0. The van der Waals surface area contributed by atoms with Gasteiger partial charge in [0.05, 0.1) is 17.2 Å². The quantitative estimate of drug-likeness (QED) is 0.637. The number of hydrogen-bond acceptors (Lipinski definition) is 3. The predicted octanol–water partition coefficient (Wildman–Crippen LogP) is 1.79. The van der Waals surface area contributed by atoms with E-state index in [0.29, 0.717) is 0 Å². The first-order chi connectivity index (χ1) is 5.65. The summed E-state index contributed by atoms with van der Waals surface area (Å²) >= 11 is 5.86. The van der Waals surface area contributed by atoms with Gasteiger partial charge in [0.2, 0.25) is 0 Å². The molecule has 1 aliphatic heterocycles. The maximum Gasteiger partial charge on any atom is 0.148 e. The average Bonchev–Trinajstić information content (AvgIpc) is 2.51. The second-order valence-corrected chi connectivity index (χ2v) is 3.67. The molecule has 3 nitrogen and oxygen atoms in total. The minimum absolute atomic E-state index is 0.00435. The van der Waals surface area contributed by atoms with Crippen LogP contribution in [0.25, 0.3) is 0 Å². The molecule has 0 spiro atoms. The molecule has 0 aromatic carbocycles. The summed E-state index contributed by atoms with van der Waals surface area (Å²) in [6.45, 7) is 3.85. The zero-order chi connectivity index (χ0) is 9.14. The van der Waals surface area contributed by atoms with E-state index >= 15 is 0 Å². The van der Waals surface area contributed by atoms with E-state index in [1.807, 2.05) is 13.8 Å². The molecule has 0 saturated carbocycles. The Bertz CT molecular complexity index is 182. The third kappa shape index (κ3) is 2.11. The maximum atomic E-state index is 5.86. The first kappa shape index (κ1) is 9.81. The Balaban J connectivity index is 2.43. The Morgan fingerprint density at radius 3 is 2.75 bits per heavy atom. The van der Waals surface area contributed by atoms with Gasteiger partial charge in [0.15, 0.2) is 0 Å². The van der Waals surface area contributed by atoms with Gasteiger partial charge in [0.25, 0.3) is 0 Å². The lowest BCUT2D eigenvalue weighted by molar-refractivity contribution is 0.0852. The molecule has 0 aliphatic carbocycles. The Hall–Kier alpha value is -0.280. The van der Waals surface area contributed by atoms with Crippen LogP contribution in [-0.4, -0.2) is 30.4 Å². The fourth-order valence-electron chi connectivity index (χ4n) is 1.04. The number of methoxy groups -OCH3 is 1. The van der Waals surface area contributed by atoms with Gasteiger partial charge >= 0.3 is 0 Å². The fraction of sp³-hybridized carbons (Fsp3) is 0.875. The largest absolute Gasteiger partial charge is 0.390 e. The van der Waals surface area contributed by atoms with Gasteiger partial charge in [-0.25, -0.2) is 0 Å². The van der Waals surface area contributed by atoms with Crippen LogP contribution >= 0.6 is 11.6 Å². The highest BCUT2D eigenvalue weighted by molar-refractivity contribution is 6.21. The van der Waals surface area contributed by atoms with Crippen LogP contribution in [0, 0.1) is 0 Å². The normalized spacial score (nSPS) is 27.7. The van der Waals surface area contributed by atoms with Crippen molar-refractivity contribution in [3.63, 3.8) is 0 Å². The molecule has 0 N–H and O–H groups in total. The van der Waals surface area contributed by atoms with Crippen molar-refractivity contribution in [2.24, 2.45) is 5.16 Å². The lowest BCUT2D eigenvalue weighted by atomic mass is 10.1. The van der Waals surface area contributed by atoms with Gasteiger partial charge in [-0.15, -0.1) is 11.6 Å². The van der Waals surface area contributed by atoms with Crippen molar-refractivity contribution < 1.29 is 9.57 Å². The van der Waals surface area contributed by atoms with Gasteiger partial charge < -0.3 is 9.57 Å². The van der Waals surface area contributed by atoms with E-state index in [9.17, 15) is 0 Å². The molecule has 12 heavy (non-hydrogen) atoms. The molecule has 0 fully saturated rings. The minimum atomic E-state index is -0.00435. The standard InChI is InChI=1S/C8H14ClNO2/c1-5(9)8-4-7(10-12-8)6(2)11-3/h5-6,8H,4H2,1-3H3. The highest BCUT2D eigenvalue weighted by atomic mass is 35.5.